The van der Waals surface area contributed by atoms with Crippen LogP contribution >= 0.6 is 0 Å². The number of hydrogen-bond donors (Lipinski definition) is 2. The van der Waals surface area contributed by atoms with Crippen molar-refractivity contribution in [1.82, 2.24) is 0 Å². The van der Waals surface area contributed by atoms with Gasteiger partial charge in [0, 0.05) is 6.42 Å². The molecule has 3 nitrogen and oxygen atoms in total. The van der Waals surface area contributed by atoms with Crippen molar-refractivity contribution in [2.24, 2.45) is 17.6 Å². The van der Waals surface area contributed by atoms with Gasteiger partial charge < -0.3 is 10.8 Å². The van der Waals surface area contributed by atoms with Crippen molar-refractivity contribution < 1.29 is 11.3 Å². The molecular formula is C8H18NO2+. The minimum atomic E-state index is -0.749. The van der Waals surface area contributed by atoms with Gasteiger partial charge in [-0.2, -0.15) is 0 Å². The van der Waals surface area contributed by atoms with E-state index < -0.39 is 5.97 Å². The van der Waals surface area contributed by atoms with Gasteiger partial charge in [0.2, 0.25) is 0 Å². The molecule has 0 saturated heterocycles. The zero-order valence-electron chi connectivity index (χ0n) is 8.21. The van der Waals surface area contributed by atoms with Crippen LogP contribution in [0.1, 0.15) is 28.1 Å². The van der Waals surface area contributed by atoms with Crippen LogP contribution in [0.15, 0.2) is 0 Å². The molecule has 0 rings (SSSR count). The first-order chi connectivity index (χ1) is 5.06. The highest BCUT2D eigenvalue weighted by molar-refractivity contribution is 5.67. The van der Waals surface area contributed by atoms with Gasteiger partial charge in [-0.15, -0.1) is 0 Å². The van der Waals surface area contributed by atoms with Crippen LogP contribution in [0.25, 0.3) is 0 Å². The largest absolute Gasteiger partial charge is 1.00 e. The minimum Gasteiger partial charge on any atom is -0.481 e. The first-order valence-corrected chi connectivity index (χ1v) is 3.98. The van der Waals surface area contributed by atoms with E-state index in [1.54, 1.807) is 0 Å². The van der Waals surface area contributed by atoms with Gasteiger partial charge in [0.1, 0.15) is 0 Å². The molecule has 0 aliphatic heterocycles. The fraction of sp³-hybridized carbons (Fsp3) is 0.875. The molecule has 0 unspecified atom stereocenters. The van der Waals surface area contributed by atoms with Gasteiger partial charge in [-0.3, -0.25) is 4.79 Å². The second-order valence-electron chi connectivity index (χ2n) is 3.33. The number of carbonyl (C=O) groups is 1. The number of hydrogen-bond acceptors (Lipinski definition) is 2. The van der Waals surface area contributed by atoms with Gasteiger partial charge in [0.05, 0.1) is 0 Å². The fourth-order valence-corrected chi connectivity index (χ4v) is 1.18. The number of nitrogens with two attached hydrogens (primary N) is 1. The van der Waals surface area contributed by atoms with Gasteiger partial charge in [-0.05, 0) is 24.8 Å². The normalized spacial score (nSPS) is 13.5. The Kier molecular flexibility index (Phi) is 4.86. The Morgan fingerprint density at radius 3 is 2.45 bits per heavy atom. The average molecular weight is 160 g/mol. The second kappa shape index (κ2) is 5.13. The Hall–Kier alpha value is -0.570. The SMILES string of the molecule is CC(C)C[C@H](CN)CC(=O)O.[H+]. The summed E-state index contributed by atoms with van der Waals surface area (Å²) in [5.41, 5.74) is 5.41. The number of carboxylic acids is 1. The van der Waals surface area contributed by atoms with Crippen molar-refractivity contribution in [3.8, 4) is 0 Å². The third-order valence-corrected chi connectivity index (χ3v) is 1.60. The summed E-state index contributed by atoms with van der Waals surface area (Å²) in [5, 5.41) is 8.47. The zero-order chi connectivity index (χ0) is 8.85. The molecule has 0 aliphatic carbocycles. The number of aliphatic carboxylic acids is 1. The molecule has 3 heteroatoms. The molecule has 0 fully saturated rings. The molecule has 11 heavy (non-hydrogen) atoms. The second-order valence-corrected chi connectivity index (χ2v) is 3.33. The Balaban J connectivity index is 0. The lowest BCUT2D eigenvalue weighted by Crippen LogP contribution is -2.19. The Morgan fingerprint density at radius 2 is 2.18 bits per heavy atom. The minimum absolute atomic E-state index is 0. The topological polar surface area (TPSA) is 63.3 Å². The first kappa shape index (κ1) is 10.4. The molecule has 0 saturated carbocycles. The van der Waals surface area contributed by atoms with Gasteiger partial charge in [0.15, 0.2) is 0 Å². The number of carboxylic acid groups (broad SMARTS) is 1. The third-order valence-electron chi connectivity index (χ3n) is 1.60. The summed E-state index contributed by atoms with van der Waals surface area (Å²) in [6, 6.07) is 0. The smallest absolute Gasteiger partial charge is 0.481 e. The van der Waals surface area contributed by atoms with E-state index in [4.69, 9.17) is 10.8 Å². The van der Waals surface area contributed by atoms with Crippen LogP contribution < -0.4 is 5.73 Å². The van der Waals surface area contributed by atoms with Crippen molar-refractivity contribution in [3.05, 3.63) is 0 Å². The van der Waals surface area contributed by atoms with Crippen LogP contribution in [0, 0.1) is 11.8 Å². The lowest BCUT2D eigenvalue weighted by Gasteiger charge is -2.13. The molecule has 0 spiro atoms. The quantitative estimate of drug-likeness (QED) is 0.635. The van der Waals surface area contributed by atoms with E-state index in [1.165, 1.54) is 0 Å². The molecule has 1 atom stereocenters. The Labute approximate surface area is 69.1 Å². The highest BCUT2D eigenvalue weighted by atomic mass is 16.4. The molecule has 0 aromatic carbocycles. The molecule has 3 N–H and O–H groups in total. The predicted octanol–water partition coefficient (Wildman–Crippen LogP) is 1.19. The number of rotatable bonds is 5. The van der Waals surface area contributed by atoms with Gasteiger partial charge in [-0.25, -0.2) is 0 Å². The standard InChI is InChI=1S/C8H17NO2/c1-6(2)3-7(5-9)4-8(10)11/h6-7H,3-5,9H2,1-2H3,(H,10,11)/p+1/t7-/m0/s1. The van der Waals surface area contributed by atoms with Crippen molar-refractivity contribution in [2.45, 2.75) is 26.7 Å². The summed E-state index contributed by atoms with van der Waals surface area (Å²) in [4.78, 5) is 10.3. The van der Waals surface area contributed by atoms with Gasteiger partial charge in [0.25, 0.3) is 0 Å². The van der Waals surface area contributed by atoms with E-state index in [9.17, 15) is 4.79 Å². The third kappa shape index (κ3) is 5.85. The molecule has 0 aromatic heterocycles. The zero-order valence-corrected chi connectivity index (χ0v) is 7.21. The van der Waals surface area contributed by atoms with E-state index in [-0.39, 0.29) is 13.8 Å². The summed E-state index contributed by atoms with van der Waals surface area (Å²) < 4.78 is 0. The van der Waals surface area contributed by atoms with Crippen molar-refractivity contribution in [3.63, 3.8) is 0 Å². The van der Waals surface area contributed by atoms with Crippen LogP contribution in [-0.4, -0.2) is 17.6 Å². The van der Waals surface area contributed by atoms with Crippen LogP contribution in [0.4, 0.5) is 0 Å². The van der Waals surface area contributed by atoms with Crippen LogP contribution in [-0.2, 0) is 4.79 Å². The van der Waals surface area contributed by atoms with E-state index in [1.807, 2.05) is 0 Å². The van der Waals surface area contributed by atoms with Crippen LogP contribution in [0.3, 0.4) is 0 Å². The monoisotopic (exact) mass is 160 g/mol. The lowest BCUT2D eigenvalue weighted by atomic mass is 9.94. The predicted molar refractivity (Wildman–Crippen MR) is 45.4 cm³/mol. The van der Waals surface area contributed by atoms with Crippen molar-refractivity contribution >= 4 is 5.97 Å². The maximum atomic E-state index is 10.3. The van der Waals surface area contributed by atoms with E-state index in [0.29, 0.717) is 12.5 Å². The summed E-state index contributed by atoms with van der Waals surface area (Å²) in [5.74, 6) is -0.0727. The summed E-state index contributed by atoms with van der Waals surface area (Å²) in [6.07, 6.45) is 1.11. The summed E-state index contributed by atoms with van der Waals surface area (Å²) in [7, 11) is 0. The Bertz CT molecular complexity index is 128. The highest BCUT2D eigenvalue weighted by Crippen LogP contribution is 2.13. The molecular weight excluding hydrogens is 142 g/mol. The van der Waals surface area contributed by atoms with Crippen LogP contribution in [0.2, 0.25) is 0 Å². The molecule has 66 valence electrons. The fourth-order valence-electron chi connectivity index (χ4n) is 1.18. The van der Waals surface area contributed by atoms with E-state index in [2.05, 4.69) is 13.8 Å². The highest BCUT2D eigenvalue weighted by Gasteiger charge is 2.12. The first-order valence-electron chi connectivity index (χ1n) is 3.98. The van der Waals surface area contributed by atoms with E-state index in [0.717, 1.165) is 6.42 Å². The average Bonchev–Trinajstić information content (AvgIpc) is 1.84. The summed E-state index contributed by atoms with van der Waals surface area (Å²) >= 11 is 0. The van der Waals surface area contributed by atoms with Crippen LogP contribution in [0.5, 0.6) is 0 Å². The van der Waals surface area contributed by atoms with Crippen molar-refractivity contribution in [1.29, 1.82) is 0 Å². The van der Waals surface area contributed by atoms with Crippen molar-refractivity contribution in [2.75, 3.05) is 6.54 Å². The van der Waals surface area contributed by atoms with Gasteiger partial charge in [-0.1, -0.05) is 13.8 Å². The summed E-state index contributed by atoms with van der Waals surface area (Å²) in [6.45, 7) is 4.62. The van der Waals surface area contributed by atoms with Gasteiger partial charge >= 0.3 is 7.40 Å². The molecule has 0 radical (unpaired) electrons. The molecule has 0 bridgehead atoms. The molecule has 0 heterocycles. The van der Waals surface area contributed by atoms with E-state index >= 15 is 0 Å². The molecule has 0 aromatic rings. The molecule has 0 amide bonds. The maximum absolute atomic E-state index is 10.3. The Morgan fingerprint density at radius 1 is 1.64 bits per heavy atom. The molecule has 0 aliphatic rings. The lowest BCUT2D eigenvalue weighted by molar-refractivity contribution is -0.138. The maximum Gasteiger partial charge on any atom is 1.00 e.